The van der Waals surface area contributed by atoms with Gasteiger partial charge < -0.3 is 9.64 Å². The van der Waals surface area contributed by atoms with Crippen LogP contribution in [0.3, 0.4) is 0 Å². The summed E-state index contributed by atoms with van der Waals surface area (Å²) in [4.78, 5) is 4.31. The van der Waals surface area contributed by atoms with Gasteiger partial charge in [-0.2, -0.15) is 26.3 Å². The summed E-state index contributed by atoms with van der Waals surface area (Å²) in [6.45, 7) is 4.26. The molecule has 37 heavy (non-hydrogen) atoms. The van der Waals surface area contributed by atoms with Gasteiger partial charge in [0, 0.05) is 31.7 Å². The van der Waals surface area contributed by atoms with E-state index >= 15 is 0 Å². The quantitative estimate of drug-likeness (QED) is 0.324. The molecule has 0 spiro atoms. The van der Waals surface area contributed by atoms with Crippen molar-refractivity contribution in [3.8, 4) is 5.75 Å². The predicted molar refractivity (Wildman–Crippen MR) is 131 cm³/mol. The average molecular weight is 523 g/mol. The molecule has 1 atom stereocenters. The number of ether oxygens (including phenoxy) is 1. The molecule has 0 radical (unpaired) electrons. The normalized spacial score (nSPS) is 16.9. The van der Waals surface area contributed by atoms with Crippen LogP contribution in [0.5, 0.6) is 5.75 Å². The van der Waals surface area contributed by atoms with E-state index in [4.69, 9.17) is 4.74 Å². The van der Waals surface area contributed by atoms with Crippen LogP contribution in [0.1, 0.15) is 29.2 Å². The largest absolute Gasteiger partial charge is 0.495 e. The van der Waals surface area contributed by atoms with E-state index in [9.17, 15) is 26.3 Å². The SMILES string of the molecule is COc1ccccc1N1CCN(C(C)(Cc2cc(C(F)(F)F)cc(C(F)(F)F)c2)c2ccccc2)CC1. The highest BCUT2D eigenvalue weighted by molar-refractivity contribution is 5.58. The average Bonchev–Trinajstić information content (AvgIpc) is 2.88. The van der Waals surface area contributed by atoms with E-state index in [0.717, 1.165) is 29.1 Å². The third-order valence-corrected chi connectivity index (χ3v) is 6.99. The van der Waals surface area contributed by atoms with Crippen LogP contribution in [0.4, 0.5) is 32.0 Å². The first-order chi connectivity index (χ1) is 17.4. The minimum atomic E-state index is -4.89. The Morgan fingerprint density at radius 3 is 1.78 bits per heavy atom. The molecule has 1 unspecified atom stereocenters. The lowest BCUT2D eigenvalue weighted by molar-refractivity contribution is -0.143. The Morgan fingerprint density at radius 2 is 1.24 bits per heavy atom. The van der Waals surface area contributed by atoms with Crippen molar-refractivity contribution < 1.29 is 31.1 Å². The maximum absolute atomic E-state index is 13.5. The van der Waals surface area contributed by atoms with Gasteiger partial charge in [0.2, 0.25) is 0 Å². The summed E-state index contributed by atoms with van der Waals surface area (Å²) in [5.41, 5.74) is -1.67. The van der Waals surface area contributed by atoms with Crippen molar-refractivity contribution in [2.75, 3.05) is 38.2 Å². The van der Waals surface area contributed by atoms with Crippen LogP contribution in [0.15, 0.2) is 72.8 Å². The summed E-state index contributed by atoms with van der Waals surface area (Å²) in [6, 6.07) is 18.7. The molecule has 0 aliphatic carbocycles. The molecule has 3 aromatic rings. The fourth-order valence-electron chi connectivity index (χ4n) is 5.04. The second-order valence-corrected chi connectivity index (χ2v) is 9.38. The molecule has 198 valence electrons. The topological polar surface area (TPSA) is 15.7 Å². The summed E-state index contributed by atoms with van der Waals surface area (Å²) >= 11 is 0. The molecule has 0 bridgehead atoms. The molecular weight excluding hydrogens is 494 g/mol. The Morgan fingerprint density at radius 1 is 0.703 bits per heavy atom. The molecule has 1 saturated heterocycles. The van der Waals surface area contributed by atoms with E-state index in [0.29, 0.717) is 26.2 Å². The lowest BCUT2D eigenvalue weighted by Gasteiger charge is -2.47. The van der Waals surface area contributed by atoms with Gasteiger partial charge in [-0.05, 0) is 54.8 Å². The van der Waals surface area contributed by atoms with Crippen LogP contribution in [-0.2, 0) is 24.3 Å². The van der Waals surface area contributed by atoms with Crippen LogP contribution in [-0.4, -0.2) is 38.2 Å². The summed E-state index contributed by atoms with van der Waals surface area (Å²) in [7, 11) is 1.60. The number of anilines is 1. The molecule has 9 heteroatoms. The Kier molecular flexibility index (Phi) is 7.46. The van der Waals surface area contributed by atoms with Crippen molar-refractivity contribution >= 4 is 5.69 Å². The summed E-state index contributed by atoms with van der Waals surface area (Å²) < 4.78 is 86.6. The van der Waals surface area contributed by atoms with Crippen LogP contribution in [0.25, 0.3) is 0 Å². The zero-order valence-electron chi connectivity index (χ0n) is 20.5. The first kappa shape index (κ1) is 26.9. The number of nitrogens with zero attached hydrogens (tertiary/aromatic N) is 2. The Labute approximate surface area is 212 Å². The Bertz CT molecular complexity index is 1170. The zero-order chi connectivity index (χ0) is 26.8. The van der Waals surface area contributed by atoms with E-state index < -0.39 is 29.0 Å². The highest BCUT2D eigenvalue weighted by Gasteiger charge is 2.40. The van der Waals surface area contributed by atoms with Crippen molar-refractivity contribution in [3.63, 3.8) is 0 Å². The van der Waals surface area contributed by atoms with Gasteiger partial charge in [-0.3, -0.25) is 4.90 Å². The number of alkyl halides is 6. The van der Waals surface area contributed by atoms with Crippen LogP contribution < -0.4 is 9.64 Å². The fraction of sp³-hybridized carbons (Fsp3) is 0.357. The molecule has 1 aliphatic heterocycles. The summed E-state index contributed by atoms with van der Waals surface area (Å²) in [5.74, 6) is 0.741. The number of para-hydroxylation sites is 2. The molecule has 0 amide bonds. The maximum atomic E-state index is 13.5. The number of methoxy groups -OCH3 is 1. The van der Waals surface area contributed by atoms with Gasteiger partial charge in [-0.1, -0.05) is 42.5 Å². The number of hydrogen-bond donors (Lipinski definition) is 0. The molecule has 3 aromatic carbocycles. The van der Waals surface area contributed by atoms with Gasteiger partial charge in [-0.25, -0.2) is 0 Å². The molecule has 0 saturated carbocycles. The molecule has 0 N–H and O–H groups in total. The standard InChI is InChI=1S/C28H28F6N2O/c1-26(21-8-4-3-5-9-21,19-20-16-22(27(29,30)31)18-23(17-20)28(32,33)34)36-14-12-35(13-15-36)24-10-6-7-11-25(24)37-2/h3-11,16-18H,12-15,19H2,1-2H3. The minimum Gasteiger partial charge on any atom is -0.495 e. The highest BCUT2D eigenvalue weighted by atomic mass is 19.4. The zero-order valence-corrected chi connectivity index (χ0v) is 20.5. The third-order valence-electron chi connectivity index (χ3n) is 6.99. The third kappa shape index (κ3) is 5.87. The van der Waals surface area contributed by atoms with Gasteiger partial charge in [0.1, 0.15) is 5.75 Å². The van der Waals surface area contributed by atoms with Crippen molar-refractivity contribution in [3.05, 3.63) is 95.1 Å². The number of halogens is 6. The summed E-state index contributed by atoms with van der Waals surface area (Å²) in [6.07, 6.45) is -9.79. The second-order valence-electron chi connectivity index (χ2n) is 9.38. The van der Waals surface area contributed by atoms with Crippen LogP contribution in [0, 0.1) is 0 Å². The number of benzene rings is 3. The maximum Gasteiger partial charge on any atom is 0.416 e. The lowest BCUT2D eigenvalue weighted by atomic mass is 9.82. The fourth-order valence-corrected chi connectivity index (χ4v) is 5.04. The molecular formula is C28H28F6N2O. The molecule has 3 nitrogen and oxygen atoms in total. The first-order valence-electron chi connectivity index (χ1n) is 11.9. The van der Waals surface area contributed by atoms with E-state index in [-0.39, 0.29) is 18.1 Å². The van der Waals surface area contributed by atoms with Crippen molar-refractivity contribution in [1.82, 2.24) is 4.90 Å². The second kappa shape index (κ2) is 10.3. The van der Waals surface area contributed by atoms with Crippen molar-refractivity contribution in [1.29, 1.82) is 0 Å². The van der Waals surface area contributed by atoms with E-state index in [1.807, 2.05) is 61.5 Å². The van der Waals surface area contributed by atoms with Gasteiger partial charge in [0.15, 0.2) is 0 Å². The molecule has 1 aliphatic rings. The predicted octanol–water partition coefficient (Wildman–Crippen LogP) is 7.01. The number of rotatable bonds is 6. The van der Waals surface area contributed by atoms with Crippen molar-refractivity contribution in [2.45, 2.75) is 31.2 Å². The number of piperazine rings is 1. The Hall–Kier alpha value is -3.20. The van der Waals surface area contributed by atoms with Gasteiger partial charge >= 0.3 is 12.4 Å². The monoisotopic (exact) mass is 522 g/mol. The molecule has 1 heterocycles. The minimum absolute atomic E-state index is 0.0133. The van der Waals surface area contributed by atoms with Crippen LogP contribution >= 0.6 is 0 Å². The van der Waals surface area contributed by atoms with Crippen molar-refractivity contribution in [2.24, 2.45) is 0 Å². The van der Waals surface area contributed by atoms with E-state index in [2.05, 4.69) is 9.80 Å². The van der Waals surface area contributed by atoms with Gasteiger partial charge in [-0.15, -0.1) is 0 Å². The first-order valence-corrected chi connectivity index (χ1v) is 11.9. The Balaban J connectivity index is 1.68. The highest BCUT2D eigenvalue weighted by Crippen LogP contribution is 2.40. The molecule has 1 fully saturated rings. The molecule has 4 rings (SSSR count). The lowest BCUT2D eigenvalue weighted by Crippen LogP contribution is -2.55. The van der Waals surface area contributed by atoms with Gasteiger partial charge in [0.05, 0.1) is 23.9 Å². The van der Waals surface area contributed by atoms with E-state index in [1.54, 1.807) is 7.11 Å². The van der Waals surface area contributed by atoms with Crippen LogP contribution in [0.2, 0.25) is 0 Å². The number of hydrogen-bond acceptors (Lipinski definition) is 3. The van der Waals surface area contributed by atoms with E-state index in [1.165, 1.54) is 0 Å². The smallest absolute Gasteiger partial charge is 0.416 e. The molecule has 0 aromatic heterocycles. The van der Waals surface area contributed by atoms with Gasteiger partial charge in [0.25, 0.3) is 0 Å². The summed E-state index contributed by atoms with van der Waals surface area (Å²) in [5, 5.41) is 0.